The smallest absolute Gasteiger partial charge is 0.125 e. The second kappa shape index (κ2) is 5.94. The number of nitrogens with one attached hydrogen (secondary N) is 1. The average molecular weight is 271 g/mol. The van der Waals surface area contributed by atoms with Gasteiger partial charge in [-0.05, 0) is 38.3 Å². The van der Waals surface area contributed by atoms with E-state index in [2.05, 4.69) is 39.6 Å². The maximum atomic E-state index is 5.38. The molecule has 0 saturated carbocycles. The van der Waals surface area contributed by atoms with Crippen molar-refractivity contribution in [1.82, 2.24) is 5.32 Å². The fourth-order valence-electron chi connectivity index (χ4n) is 1.86. The van der Waals surface area contributed by atoms with Gasteiger partial charge in [-0.1, -0.05) is 5.92 Å². The third-order valence-corrected chi connectivity index (χ3v) is 3.67. The Hall–Kier alpha value is -1.73. The lowest BCUT2D eigenvalue weighted by atomic mass is 10.1. The van der Waals surface area contributed by atoms with Gasteiger partial charge in [-0.2, -0.15) is 0 Å². The quantitative estimate of drug-likeness (QED) is 0.663. The molecule has 0 radical (unpaired) electrons. The molecule has 0 amide bonds. The highest BCUT2D eigenvalue weighted by Gasteiger charge is 2.12. The Labute approximate surface area is 118 Å². The maximum absolute atomic E-state index is 5.38. The van der Waals surface area contributed by atoms with Crippen molar-refractivity contribution in [1.29, 1.82) is 0 Å². The fraction of sp³-hybridized carbons (Fsp3) is 0.333. The third kappa shape index (κ3) is 3.18. The summed E-state index contributed by atoms with van der Waals surface area (Å²) in [4.78, 5) is 10.4. The van der Waals surface area contributed by atoms with Gasteiger partial charge in [-0.15, -0.1) is 18.2 Å². The largest absolute Gasteiger partial charge is 0.359 e. The lowest BCUT2D eigenvalue weighted by molar-refractivity contribution is 0.820. The molecule has 1 unspecified atom stereocenters. The molecule has 1 aliphatic heterocycles. The number of rotatable bonds is 2. The Kier molecular flexibility index (Phi) is 4.28. The van der Waals surface area contributed by atoms with Crippen molar-refractivity contribution < 1.29 is 0 Å². The molecular formula is C15H17N3S. The molecule has 98 valence electrons. The zero-order chi connectivity index (χ0) is 13.8. The molecule has 0 aromatic heterocycles. The van der Waals surface area contributed by atoms with Crippen LogP contribution in [0, 0.1) is 12.3 Å². The van der Waals surface area contributed by atoms with Crippen molar-refractivity contribution in [2.24, 2.45) is 9.98 Å². The molecule has 3 nitrogen and oxygen atoms in total. The molecule has 2 rings (SSSR count). The van der Waals surface area contributed by atoms with Gasteiger partial charge >= 0.3 is 0 Å². The molecule has 0 saturated heterocycles. The molecule has 1 atom stereocenters. The summed E-state index contributed by atoms with van der Waals surface area (Å²) in [7, 11) is 0. The van der Waals surface area contributed by atoms with Gasteiger partial charge in [0, 0.05) is 16.2 Å². The van der Waals surface area contributed by atoms with Gasteiger partial charge in [0.15, 0.2) is 0 Å². The van der Waals surface area contributed by atoms with Crippen LogP contribution in [0.5, 0.6) is 0 Å². The highest BCUT2D eigenvalue weighted by molar-refractivity contribution is 7.98. The van der Waals surface area contributed by atoms with Crippen LogP contribution in [0.3, 0.4) is 0 Å². The van der Waals surface area contributed by atoms with Gasteiger partial charge in [0.25, 0.3) is 0 Å². The minimum atomic E-state index is -0.0405. The summed E-state index contributed by atoms with van der Waals surface area (Å²) in [5.41, 5.74) is 3.06. The normalized spacial score (nSPS) is 15.5. The number of benzene rings is 1. The summed E-state index contributed by atoms with van der Waals surface area (Å²) < 4.78 is 0. The average Bonchev–Trinajstić information content (AvgIpc) is 2.58. The first-order valence-corrected chi connectivity index (χ1v) is 7.36. The SMILES string of the molecule is C#CC(C)NC1=Nc2ccc(SC)cc2C(C)=NC1. The Balaban J connectivity index is 2.39. The van der Waals surface area contributed by atoms with Crippen LogP contribution in [0.1, 0.15) is 19.4 Å². The van der Waals surface area contributed by atoms with E-state index in [1.165, 1.54) is 4.90 Å². The van der Waals surface area contributed by atoms with Gasteiger partial charge in [0.2, 0.25) is 0 Å². The summed E-state index contributed by atoms with van der Waals surface area (Å²) in [5, 5.41) is 3.20. The Bertz CT molecular complexity index is 582. The number of nitrogens with zero attached hydrogens (tertiary/aromatic N) is 2. The predicted molar refractivity (Wildman–Crippen MR) is 83.8 cm³/mol. The van der Waals surface area contributed by atoms with Crippen LogP contribution in [-0.2, 0) is 0 Å². The minimum absolute atomic E-state index is 0.0405. The molecule has 1 heterocycles. The van der Waals surface area contributed by atoms with E-state index in [1.54, 1.807) is 11.8 Å². The lowest BCUT2D eigenvalue weighted by Gasteiger charge is -2.10. The standard InChI is InChI=1S/C15H17N3S/c1-5-10(2)17-15-9-16-11(3)13-8-12(19-4)6-7-14(13)18-15/h1,6-8,10H,9H2,2-4H3,(H,17,18). The van der Waals surface area contributed by atoms with E-state index in [0.29, 0.717) is 6.54 Å². The number of amidine groups is 1. The molecule has 19 heavy (non-hydrogen) atoms. The van der Waals surface area contributed by atoms with E-state index in [-0.39, 0.29) is 6.04 Å². The van der Waals surface area contributed by atoms with Gasteiger partial charge in [0.1, 0.15) is 5.84 Å². The van der Waals surface area contributed by atoms with Crippen LogP contribution < -0.4 is 5.32 Å². The second-order valence-corrected chi connectivity index (χ2v) is 5.26. The van der Waals surface area contributed by atoms with Crippen LogP contribution in [0.25, 0.3) is 0 Å². The lowest BCUT2D eigenvalue weighted by Crippen LogP contribution is -2.33. The Morgan fingerprint density at radius 3 is 2.95 bits per heavy atom. The summed E-state index contributed by atoms with van der Waals surface area (Å²) in [6.45, 7) is 4.49. The summed E-state index contributed by atoms with van der Waals surface area (Å²) >= 11 is 1.72. The van der Waals surface area contributed by atoms with Gasteiger partial charge in [-0.3, -0.25) is 4.99 Å². The van der Waals surface area contributed by atoms with E-state index in [9.17, 15) is 0 Å². The minimum Gasteiger partial charge on any atom is -0.359 e. The first-order chi connectivity index (χ1) is 9.13. The molecule has 0 fully saturated rings. The van der Waals surface area contributed by atoms with Crippen molar-refractivity contribution in [3.63, 3.8) is 0 Å². The summed E-state index contributed by atoms with van der Waals surface area (Å²) in [6.07, 6.45) is 7.45. The van der Waals surface area contributed by atoms with E-state index in [1.807, 2.05) is 19.9 Å². The van der Waals surface area contributed by atoms with Gasteiger partial charge in [0.05, 0.1) is 18.3 Å². The molecular weight excluding hydrogens is 254 g/mol. The van der Waals surface area contributed by atoms with Crippen LogP contribution >= 0.6 is 11.8 Å². The second-order valence-electron chi connectivity index (χ2n) is 4.38. The molecule has 1 N–H and O–H groups in total. The zero-order valence-electron chi connectivity index (χ0n) is 11.4. The summed E-state index contributed by atoms with van der Waals surface area (Å²) in [6, 6.07) is 6.21. The molecule has 1 aliphatic rings. The molecule has 0 spiro atoms. The van der Waals surface area contributed by atoms with Gasteiger partial charge in [-0.25, -0.2) is 4.99 Å². The van der Waals surface area contributed by atoms with Crippen LogP contribution in [0.4, 0.5) is 5.69 Å². The zero-order valence-corrected chi connectivity index (χ0v) is 12.2. The molecule has 0 bridgehead atoms. The van der Waals surface area contributed by atoms with Crippen molar-refractivity contribution in [3.8, 4) is 12.3 Å². The topological polar surface area (TPSA) is 36.8 Å². The van der Waals surface area contributed by atoms with E-state index in [0.717, 1.165) is 22.8 Å². The maximum Gasteiger partial charge on any atom is 0.125 e. The number of aliphatic imine (C=N–C) groups is 2. The van der Waals surface area contributed by atoms with Crippen molar-refractivity contribution in [2.75, 3.05) is 12.8 Å². The number of hydrogen-bond donors (Lipinski definition) is 1. The summed E-state index contributed by atoms with van der Waals surface area (Å²) in [5.74, 6) is 3.46. The predicted octanol–water partition coefficient (Wildman–Crippen LogP) is 2.87. The van der Waals surface area contributed by atoms with E-state index >= 15 is 0 Å². The Morgan fingerprint density at radius 1 is 1.47 bits per heavy atom. The number of fused-ring (bicyclic) bond motifs is 1. The highest BCUT2D eigenvalue weighted by atomic mass is 32.2. The fourth-order valence-corrected chi connectivity index (χ4v) is 2.30. The Morgan fingerprint density at radius 2 is 2.26 bits per heavy atom. The van der Waals surface area contributed by atoms with Crippen molar-refractivity contribution >= 4 is 29.0 Å². The van der Waals surface area contributed by atoms with Crippen LogP contribution in [0.15, 0.2) is 33.1 Å². The number of thioether (sulfide) groups is 1. The van der Waals surface area contributed by atoms with E-state index in [4.69, 9.17) is 6.42 Å². The molecule has 0 aliphatic carbocycles. The van der Waals surface area contributed by atoms with Crippen molar-refractivity contribution in [2.45, 2.75) is 24.8 Å². The number of hydrogen-bond acceptors (Lipinski definition) is 4. The first-order valence-electron chi connectivity index (χ1n) is 6.13. The van der Waals surface area contributed by atoms with Gasteiger partial charge < -0.3 is 5.32 Å². The van der Waals surface area contributed by atoms with E-state index < -0.39 is 0 Å². The number of terminal acetylenes is 1. The van der Waals surface area contributed by atoms with Crippen LogP contribution in [-0.4, -0.2) is 30.4 Å². The molecule has 1 aromatic carbocycles. The highest BCUT2D eigenvalue weighted by Crippen LogP contribution is 2.27. The first kappa shape index (κ1) is 13.7. The van der Waals surface area contributed by atoms with Crippen LogP contribution in [0.2, 0.25) is 0 Å². The monoisotopic (exact) mass is 271 g/mol. The third-order valence-electron chi connectivity index (χ3n) is 2.95. The molecule has 1 aromatic rings. The van der Waals surface area contributed by atoms with Crippen molar-refractivity contribution in [3.05, 3.63) is 23.8 Å². The molecule has 4 heteroatoms.